The van der Waals surface area contributed by atoms with Crippen LogP contribution in [0.3, 0.4) is 0 Å². The summed E-state index contributed by atoms with van der Waals surface area (Å²) in [6, 6.07) is 15.7. The monoisotopic (exact) mass is 543 g/mol. The molecule has 2 aliphatic rings. The number of carbonyl (C=O) groups is 3. The van der Waals surface area contributed by atoms with Crippen molar-refractivity contribution in [1.29, 1.82) is 0 Å². The Morgan fingerprint density at radius 3 is 2.48 bits per heavy atom. The highest BCUT2D eigenvalue weighted by Crippen LogP contribution is 2.30. The number of aliphatic hydroxyl groups excluding tert-OH is 1. The largest absolute Gasteiger partial charge is 0.489 e. The minimum atomic E-state index is -0.759. The molecule has 2 N–H and O–H groups in total. The zero-order valence-corrected chi connectivity index (χ0v) is 22.6. The van der Waals surface area contributed by atoms with Gasteiger partial charge in [-0.2, -0.15) is 0 Å². The third kappa shape index (κ3) is 5.83. The fourth-order valence-corrected chi connectivity index (χ4v) is 5.02. The van der Waals surface area contributed by atoms with Crippen molar-refractivity contribution in [2.24, 2.45) is 0 Å². The summed E-state index contributed by atoms with van der Waals surface area (Å²) in [6.45, 7) is 7.66. The van der Waals surface area contributed by atoms with Gasteiger partial charge in [-0.1, -0.05) is 12.1 Å². The topological polar surface area (TPSA) is 115 Å². The number of nitrogens with zero attached hydrogens (tertiary/aromatic N) is 4. The first-order chi connectivity index (χ1) is 19.3. The van der Waals surface area contributed by atoms with Crippen molar-refractivity contribution < 1.29 is 24.2 Å². The number of ether oxygens (including phenoxy) is 1. The molecule has 2 aliphatic heterocycles. The molecular weight excluding hydrogens is 510 g/mol. The minimum absolute atomic E-state index is 0.0654. The predicted molar refractivity (Wildman–Crippen MR) is 151 cm³/mol. The number of carbonyl (C=O) groups excluding carboxylic acids is 3. The zero-order chi connectivity index (χ0) is 28.2. The molecule has 0 bridgehead atoms. The molecule has 208 valence electrons. The first-order valence-electron chi connectivity index (χ1n) is 13.4. The van der Waals surface area contributed by atoms with Crippen LogP contribution < -0.4 is 19.9 Å². The Labute approximate surface area is 233 Å². The molecule has 10 heteroatoms. The van der Waals surface area contributed by atoms with E-state index < -0.39 is 23.8 Å². The molecular formula is C30H33N5O5. The highest BCUT2D eigenvalue weighted by Gasteiger charge is 2.37. The minimum Gasteiger partial charge on any atom is -0.489 e. The number of aromatic nitrogens is 1. The number of amides is 3. The van der Waals surface area contributed by atoms with Crippen LogP contribution in [0.25, 0.3) is 0 Å². The Bertz CT molecular complexity index is 1390. The lowest BCUT2D eigenvalue weighted by Crippen LogP contribution is -2.50. The van der Waals surface area contributed by atoms with E-state index >= 15 is 0 Å². The van der Waals surface area contributed by atoms with Crippen molar-refractivity contribution in [3.05, 3.63) is 83.7 Å². The lowest BCUT2D eigenvalue weighted by Gasteiger charge is -2.37. The van der Waals surface area contributed by atoms with E-state index in [2.05, 4.69) is 26.2 Å². The fraction of sp³-hybridized carbons (Fsp3) is 0.333. The molecule has 0 saturated carbocycles. The Balaban J connectivity index is 1.12. The third-order valence-corrected chi connectivity index (χ3v) is 6.96. The van der Waals surface area contributed by atoms with Crippen molar-refractivity contribution in [2.75, 3.05) is 49.1 Å². The van der Waals surface area contributed by atoms with Gasteiger partial charge in [0.1, 0.15) is 5.75 Å². The average Bonchev–Trinajstić information content (AvgIpc) is 3.21. The second kappa shape index (κ2) is 11.8. The first kappa shape index (κ1) is 27.3. The van der Waals surface area contributed by atoms with E-state index in [1.165, 1.54) is 24.4 Å². The summed E-state index contributed by atoms with van der Waals surface area (Å²) in [5.41, 5.74) is 2.10. The highest BCUT2D eigenvalue weighted by atomic mass is 16.5. The number of hydrogen-bond acceptors (Lipinski definition) is 8. The molecule has 3 amide bonds. The third-order valence-electron chi connectivity index (χ3n) is 6.96. The average molecular weight is 544 g/mol. The summed E-state index contributed by atoms with van der Waals surface area (Å²) in [4.78, 5) is 48.0. The fourth-order valence-electron chi connectivity index (χ4n) is 5.02. The number of nitrogens with one attached hydrogen (secondary N) is 1. The van der Waals surface area contributed by atoms with Crippen molar-refractivity contribution in [3.8, 4) is 5.75 Å². The van der Waals surface area contributed by atoms with Crippen molar-refractivity contribution in [3.63, 3.8) is 0 Å². The van der Waals surface area contributed by atoms with Crippen molar-refractivity contribution in [2.45, 2.75) is 26.1 Å². The number of aliphatic hydroxyl groups is 1. The van der Waals surface area contributed by atoms with E-state index in [0.717, 1.165) is 42.5 Å². The maximum absolute atomic E-state index is 12.9. The van der Waals surface area contributed by atoms with Crippen LogP contribution in [0.4, 0.5) is 11.4 Å². The Hall–Kier alpha value is -4.28. The molecule has 1 atom stereocenters. The van der Waals surface area contributed by atoms with Gasteiger partial charge in [-0.3, -0.25) is 24.3 Å². The van der Waals surface area contributed by atoms with Crippen LogP contribution in [-0.2, 0) is 0 Å². The second-order valence-corrected chi connectivity index (χ2v) is 10.2. The zero-order valence-electron chi connectivity index (χ0n) is 22.6. The van der Waals surface area contributed by atoms with Gasteiger partial charge in [0, 0.05) is 51.0 Å². The van der Waals surface area contributed by atoms with Crippen molar-refractivity contribution >= 4 is 29.1 Å². The van der Waals surface area contributed by atoms with Gasteiger partial charge in [-0.05, 0) is 56.3 Å². The number of β-amino-alcohol motifs (C(OH)–C–C–N with tert-alkyl or cyclic N) is 1. The Morgan fingerprint density at radius 2 is 1.75 bits per heavy atom. The van der Waals surface area contributed by atoms with Gasteiger partial charge in [0.25, 0.3) is 17.7 Å². The van der Waals surface area contributed by atoms with Crippen molar-refractivity contribution in [1.82, 2.24) is 15.2 Å². The lowest BCUT2D eigenvalue weighted by atomic mass is 10.1. The molecule has 1 aromatic heterocycles. The molecule has 3 heterocycles. The molecule has 3 aromatic rings. The number of piperazine rings is 1. The van der Waals surface area contributed by atoms with Gasteiger partial charge in [0.2, 0.25) is 0 Å². The van der Waals surface area contributed by atoms with E-state index in [1.807, 2.05) is 32.0 Å². The lowest BCUT2D eigenvalue weighted by molar-refractivity contribution is 0.0851. The van der Waals surface area contributed by atoms with Gasteiger partial charge in [-0.15, -0.1) is 0 Å². The molecule has 0 aliphatic carbocycles. The Kier molecular flexibility index (Phi) is 8.09. The smallest absolute Gasteiger partial charge is 0.266 e. The molecule has 0 spiro atoms. The molecule has 1 fully saturated rings. The van der Waals surface area contributed by atoms with Gasteiger partial charge in [0.15, 0.2) is 0 Å². The summed E-state index contributed by atoms with van der Waals surface area (Å²) in [6.07, 6.45) is 2.33. The molecule has 0 radical (unpaired) electrons. The van der Waals surface area contributed by atoms with Gasteiger partial charge < -0.3 is 20.1 Å². The second-order valence-electron chi connectivity index (χ2n) is 10.2. The number of para-hydroxylation sites is 2. The summed E-state index contributed by atoms with van der Waals surface area (Å²) in [5.74, 6) is -0.503. The van der Waals surface area contributed by atoms with Crippen LogP contribution in [0.5, 0.6) is 5.75 Å². The Morgan fingerprint density at radius 1 is 1.00 bits per heavy atom. The van der Waals surface area contributed by atoms with Crippen LogP contribution in [0.15, 0.2) is 67.0 Å². The summed E-state index contributed by atoms with van der Waals surface area (Å²) in [5, 5.41) is 13.4. The van der Waals surface area contributed by atoms with Crippen LogP contribution in [0, 0.1) is 0 Å². The molecule has 1 saturated heterocycles. The predicted octanol–water partition coefficient (Wildman–Crippen LogP) is 2.58. The number of rotatable bonds is 9. The first-order valence-corrected chi connectivity index (χ1v) is 13.4. The maximum atomic E-state index is 12.9. The SMILES string of the molecule is CC(C)Oc1ccccc1N1CCN(CC(O)CNC(=O)c2ccc3c(c2)C(=O)N(c2cccnc2)C3=O)CC1. The number of hydrogen-bond donors (Lipinski definition) is 2. The molecule has 1 unspecified atom stereocenters. The number of imide groups is 1. The molecule has 10 nitrogen and oxygen atoms in total. The van der Waals surface area contributed by atoms with E-state index in [-0.39, 0.29) is 29.3 Å². The number of pyridine rings is 1. The standard InChI is InChI=1S/C30H33N5O5/c1-20(2)40-27-8-4-3-7-26(27)34-14-12-33(13-15-34)19-23(36)18-32-28(37)21-9-10-24-25(16-21)30(39)35(29(24)38)22-6-5-11-31-17-22/h3-11,16-17,20,23,36H,12-15,18-19H2,1-2H3,(H,32,37). The number of anilines is 2. The molecule has 5 rings (SSSR count). The summed E-state index contributed by atoms with van der Waals surface area (Å²) in [7, 11) is 0. The van der Waals surface area contributed by atoms with Gasteiger partial charge in [0.05, 0.1) is 40.9 Å². The highest BCUT2D eigenvalue weighted by molar-refractivity contribution is 6.34. The van der Waals surface area contributed by atoms with Gasteiger partial charge >= 0.3 is 0 Å². The maximum Gasteiger partial charge on any atom is 0.266 e. The van der Waals surface area contributed by atoms with E-state index in [4.69, 9.17) is 4.74 Å². The molecule has 2 aromatic carbocycles. The number of fused-ring (bicyclic) bond motifs is 1. The number of benzene rings is 2. The van der Waals surface area contributed by atoms with Crippen LogP contribution in [0.2, 0.25) is 0 Å². The summed E-state index contributed by atoms with van der Waals surface area (Å²) >= 11 is 0. The van der Waals surface area contributed by atoms with Gasteiger partial charge in [-0.25, -0.2) is 4.90 Å². The van der Waals surface area contributed by atoms with Crippen LogP contribution >= 0.6 is 0 Å². The molecule has 40 heavy (non-hydrogen) atoms. The van der Waals surface area contributed by atoms with Crippen LogP contribution in [-0.4, -0.2) is 84.2 Å². The van der Waals surface area contributed by atoms with E-state index in [0.29, 0.717) is 12.2 Å². The summed E-state index contributed by atoms with van der Waals surface area (Å²) < 4.78 is 5.97. The normalized spacial score (nSPS) is 16.3. The quantitative estimate of drug-likeness (QED) is 0.396. The van der Waals surface area contributed by atoms with E-state index in [1.54, 1.807) is 18.3 Å². The van der Waals surface area contributed by atoms with E-state index in [9.17, 15) is 19.5 Å². The van der Waals surface area contributed by atoms with Crippen LogP contribution in [0.1, 0.15) is 44.9 Å².